The zero-order valence-corrected chi connectivity index (χ0v) is 16.9. The molecule has 2 heterocycles. The molecule has 2 amide bonds. The van der Waals surface area contributed by atoms with Crippen molar-refractivity contribution >= 4 is 29.1 Å². The van der Waals surface area contributed by atoms with Gasteiger partial charge < -0.3 is 4.74 Å². The third-order valence-corrected chi connectivity index (χ3v) is 4.18. The topological polar surface area (TPSA) is 63.9 Å². The molecule has 0 aliphatic carbocycles. The summed E-state index contributed by atoms with van der Waals surface area (Å²) in [6.45, 7) is 4.99. The SMILES string of the molecule is CN(C(=O)OC(C)(C)C)C(=O)c1c(-c2ccc(F)cc2)nn2c(F)cc(Cl)cc12. The molecule has 1 aromatic carbocycles. The maximum absolute atomic E-state index is 14.4. The van der Waals surface area contributed by atoms with Crippen LogP contribution in [0.1, 0.15) is 31.1 Å². The number of nitrogens with zero attached hydrogens (tertiary/aromatic N) is 3. The lowest BCUT2D eigenvalue weighted by Crippen LogP contribution is -2.38. The molecule has 0 aliphatic heterocycles. The number of benzene rings is 1. The second-order valence-electron chi connectivity index (χ2n) is 7.37. The highest BCUT2D eigenvalue weighted by Gasteiger charge is 2.30. The molecule has 0 saturated heterocycles. The minimum absolute atomic E-state index is 0.0505. The van der Waals surface area contributed by atoms with Crippen molar-refractivity contribution in [2.24, 2.45) is 0 Å². The first-order valence-corrected chi connectivity index (χ1v) is 9.00. The Kier molecular flexibility index (Phi) is 5.32. The van der Waals surface area contributed by atoms with Gasteiger partial charge in [-0.3, -0.25) is 4.79 Å². The van der Waals surface area contributed by atoms with Gasteiger partial charge in [0.1, 0.15) is 17.1 Å². The third kappa shape index (κ3) is 4.22. The van der Waals surface area contributed by atoms with Gasteiger partial charge in [-0.1, -0.05) is 11.6 Å². The van der Waals surface area contributed by atoms with E-state index in [1.165, 1.54) is 37.4 Å². The van der Waals surface area contributed by atoms with Crippen molar-refractivity contribution in [2.75, 3.05) is 7.05 Å². The first-order chi connectivity index (χ1) is 13.5. The minimum atomic E-state index is -0.880. The number of carbonyl (C=O) groups is 2. The van der Waals surface area contributed by atoms with Gasteiger partial charge in [0.05, 0.1) is 11.1 Å². The first-order valence-electron chi connectivity index (χ1n) is 8.62. The maximum atomic E-state index is 14.4. The van der Waals surface area contributed by atoms with E-state index in [9.17, 15) is 18.4 Å². The van der Waals surface area contributed by atoms with Crippen LogP contribution in [0.3, 0.4) is 0 Å². The highest BCUT2D eigenvalue weighted by Crippen LogP contribution is 2.30. The van der Waals surface area contributed by atoms with Crippen LogP contribution in [-0.4, -0.2) is 39.2 Å². The second kappa shape index (κ2) is 7.44. The summed E-state index contributed by atoms with van der Waals surface area (Å²) in [5.74, 6) is -2.05. The van der Waals surface area contributed by atoms with Crippen molar-refractivity contribution in [3.63, 3.8) is 0 Å². The molecular formula is C20H18ClF2N3O3. The van der Waals surface area contributed by atoms with E-state index >= 15 is 0 Å². The van der Waals surface area contributed by atoms with E-state index in [0.717, 1.165) is 15.5 Å². The van der Waals surface area contributed by atoms with Crippen molar-refractivity contribution in [3.05, 3.63) is 58.7 Å². The van der Waals surface area contributed by atoms with Crippen molar-refractivity contribution in [1.82, 2.24) is 14.5 Å². The number of imide groups is 1. The molecule has 0 atom stereocenters. The number of amides is 2. The molecule has 0 unspecified atom stereocenters. The van der Waals surface area contributed by atoms with E-state index in [-0.39, 0.29) is 21.8 Å². The van der Waals surface area contributed by atoms with Crippen LogP contribution >= 0.6 is 11.6 Å². The molecular weight excluding hydrogens is 404 g/mol. The molecule has 0 N–H and O–H groups in total. The first kappa shape index (κ1) is 20.7. The number of hydrogen-bond donors (Lipinski definition) is 0. The van der Waals surface area contributed by atoms with Crippen LogP contribution in [-0.2, 0) is 4.74 Å². The summed E-state index contributed by atoms with van der Waals surface area (Å²) in [6.07, 6.45) is -0.880. The quantitative estimate of drug-likeness (QED) is 0.550. The summed E-state index contributed by atoms with van der Waals surface area (Å²) >= 11 is 5.96. The monoisotopic (exact) mass is 421 g/mol. The Bertz CT molecular complexity index is 1100. The van der Waals surface area contributed by atoms with E-state index < -0.39 is 29.4 Å². The summed E-state index contributed by atoms with van der Waals surface area (Å²) in [5.41, 5.74) is -0.374. The smallest absolute Gasteiger partial charge is 0.417 e. The lowest BCUT2D eigenvalue weighted by atomic mass is 10.1. The fraction of sp³-hybridized carbons (Fsp3) is 0.250. The molecule has 3 aromatic rings. The molecule has 6 nitrogen and oxygen atoms in total. The Morgan fingerprint density at radius 2 is 1.76 bits per heavy atom. The van der Waals surface area contributed by atoms with E-state index in [0.29, 0.717) is 5.56 Å². The highest BCUT2D eigenvalue weighted by atomic mass is 35.5. The maximum Gasteiger partial charge on any atom is 0.417 e. The molecule has 0 spiro atoms. The molecule has 152 valence electrons. The molecule has 0 radical (unpaired) electrons. The molecule has 3 rings (SSSR count). The van der Waals surface area contributed by atoms with Crippen LogP contribution in [0.2, 0.25) is 5.02 Å². The van der Waals surface area contributed by atoms with Crippen molar-refractivity contribution in [1.29, 1.82) is 0 Å². The van der Waals surface area contributed by atoms with Gasteiger partial charge in [0.15, 0.2) is 0 Å². The number of pyridine rings is 1. The van der Waals surface area contributed by atoms with E-state index in [2.05, 4.69) is 5.10 Å². The Balaban J connectivity index is 2.18. The van der Waals surface area contributed by atoms with Gasteiger partial charge in [-0.2, -0.15) is 9.49 Å². The molecule has 0 aliphatic rings. The van der Waals surface area contributed by atoms with Crippen LogP contribution < -0.4 is 0 Å². The number of fused-ring (bicyclic) bond motifs is 1. The van der Waals surface area contributed by atoms with Crippen LogP contribution in [0.5, 0.6) is 0 Å². The number of aromatic nitrogens is 2. The Morgan fingerprint density at radius 1 is 1.14 bits per heavy atom. The molecule has 0 bridgehead atoms. The fourth-order valence-electron chi connectivity index (χ4n) is 2.68. The Hall–Kier alpha value is -3.00. The van der Waals surface area contributed by atoms with Gasteiger partial charge in [0, 0.05) is 23.7 Å². The number of halogens is 3. The van der Waals surface area contributed by atoms with Crippen molar-refractivity contribution in [2.45, 2.75) is 26.4 Å². The van der Waals surface area contributed by atoms with Crippen molar-refractivity contribution in [3.8, 4) is 11.3 Å². The summed E-state index contributed by atoms with van der Waals surface area (Å²) in [7, 11) is 1.25. The minimum Gasteiger partial charge on any atom is -0.443 e. The standard InChI is InChI=1S/C20H18ClF2N3O3/c1-20(2,3)29-19(28)25(4)18(27)16-14-9-12(21)10-15(23)26(14)24-17(16)11-5-7-13(22)8-6-11/h5-10H,1-4H3. The van der Waals surface area contributed by atoms with Gasteiger partial charge >= 0.3 is 6.09 Å². The number of hydrogen-bond acceptors (Lipinski definition) is 4. The largest absolute Gasteiger partial charge is 0.443 e. The molecule has 0 fully saturated rings. The Labute approximate surface area is 170 Å². The third-order valence-electron chi connectivity index (χ3n) is 3.96. The fourth-order valence-corrected chi connectivity index (χ4v) is 2.87. The van der Waals surface area contributed by atoms with E-state index in [1.807, 2.05) is 0 Å². The van der Waals surface area contributed by atoms with Crippen molar-refractivity contribution < 1.29 is 23.1 Å². The molecule has 2 aromatic heterocycles. The lowest BCUT2D eigenvalue weighted by Gasteiger charge is -2.23. The predicted molar refractivity (Wildman–Crippen MR) is 104 cm³/mol. The van der Waals surface area contributed by atoms with Crippen LogP contribution in [0.25, 0.3) is 16.8 Å². The predicted octanol–water partition coefficient (Wildman–Crippen LogP) is 4.94. The summed E-state index contributed by atoms with van der Waals surface area (Å²) in [5, 5.41) is 4.20. The molecule has 9 heteroatoms. The van der Waals surface area contributed by atoms with E-state index in [4.69, 9.17) is 16.3 Å². The average Bonchev–Trinajstić information content (AvgIpc) is 2.99. The van der Waals surface area contributed by atoms with Crippen LogP contribution in [0, 0.1) is 11.8 Å². The summed E-state index contributed by atoms with van der Waals surface area (Å²) in [6, 6.07) is 7.59. The number of ether oxygens (including phenoxy) is 1. The lowest BCUT2D eigenvalue weighted by molar-refractivity contribution is 0.0285. The Morgan fingerprint density at radius 3 is 2.34 bits per heavy atom. The van der Waals surface area contributed by atoms with Crippen LogP contribution in [0.4, 0.5) is 13.6 Å². The molecule has 29 heavy (non-hydrogen) atoms. The van der Waals surface area contributed by atoms with Gasteiger partial charge in [0.2, 0.25) is 5.95 Å². The summed E-state index contributed by atoms with van der Waals surface area (Å²) < 4.78 is 33.9. The highest BCUT2D eigenvalue weighted by molar-refractivity contribution is 6.31. The van der Waals surface area contributed by atoms with Gasteiger partial charge in [-0.05, 0) is 51.1 Å². The average molecular weight is 422 g/mol. The van der Waals surface area contributed by atoms with Crippen LogP contribution in [0.15, 0.2) is 36.4 Å². The summed E-state index contributed by atoms with van der Waals surface area (Å²) in [4.78, 5) is 26.3. The number of carbonyl (C=O) groups excluding carboxylic acids is 2. The zero-order chi connectivity index (χ0) is 21.5. The van der Waals surface area contributed by atoms with E-state index in [1.54, 1.807) is 20.8 Å². The normalized spacial score (nSPS) is 11.6. The molecule has 0 saturated carbocycles. The van der Waals surface area contributed by atoms with Gasteiger partial charge in [-0.15, -0.1) is 0 Å². The second-order valence-corrected chi connectivity index (χ2v) is 7.80. The van der Waals surface area contributed by atoms with Gasteiger partial charge in [-0.25, -0.2) is 18.6 Å². The number of rotatable bonds is 2. The van der Waals surface area contributed by atoms with Gasteiger partial charge in [0.25, 0.3) is 5.91 Å². The zero-order valence-electron chi connectivity index (χ0n) is 16.2.